The van der Waals surface area contributed by atoms with E-state index in [1.54, 1.807) is 18.3 Å². The zero-order valence-electron chi connectivity index (χ0n) is 15.0. The summed E-state index contributed by atoms with van der Waals surface area (Å²) < 4.78 is 20.5. The number of likely N-dealkylation sites (tertiary alicyclic amines) is 1. The quantitative estimate of drug-likeness (QED) is 0.499. The predicted octanol–water partition coefficient (Wildman–Crippen LogP) is 4.88. The summed E-state index contributed by atoms with van der Waals surface area (Å²) in [4.78, 5) is 19.8. The lowest BCUT2D eigenvalue weighted by atomic mass is 10.2. The summed E-state index contributed by atoms with van der Waals surface area (Å²) >= 11 is 1.40. The number of thiophene rings is 1. The van der Waals surface area contributed by atoms with Crippen LogP contribution in [0.4, 0.5) is 4.39 Å². The molecule has 1 aliphatic heterocycles. The molecule has 0 saturated carbocycles. The van der Waals surface area contributed by atoms with E-state index in [0.29, 0.717) is 18.0 Å². The van der Waals surface area contributed by atoms with Gasteiger partial charge in [0.05, 0.1) is 11.4 Å². The Balaban J connectivity index is 1.32. The molecule has 3 heterocycles. The molecule has 1 aliphatic rings. The Morgan fingerprint density at radius 3 is 2.96 bits per heavy atom. The van der Waals surface area contributed by atoms with Crippen LogP contribution in [-0.2, 0) is 0 Å². The molecule has 2 aromatic heterocycles. The van der Waals surface area contributed by atoms with Crippen LogP contribution in [0.2, 0.25) is 0 Å². The second-order valence-electron chi connectivity index (χ2n) is 6.90. The minimum absolute atomic E-state index is 0.0243. The smallest absolute Gasteiger partial charge is 0.264 e. The molecule has 0 N–H and O–H groups in total. The van der Waals surface area contributed by atoms with Crippen molar-refractivity contribution in [2.45, 2.75) is 12.5 Å². The largest absolute Gasteiger partial charge is 0.486 e. The number of pyridine rings is 1. The lowest BCUT2D eigenvalue weighted by Gasteiger charge is -2.17. The van der Waals surface area contributed by atoms with E-state index in [0.717, 1.165) is 33.2 Å². The zero-order valence-corrected chi connectivity index (χ0v) is 15.8. The van der Waals surface area contributed by atoms with Crippen molar-refractivity contribution in [3.63, 3.8) is 0 Å². The van der Waals surface area contributed by atoms with Crippen LogP contribution in [0.1, 0.15) is 16.1 Å². The predicted molar refractivity (Wildman–Crippen MR) is 108 cm³/mol. The van der Waals surface area contributed by atoms with Crippen molar-refractivity contribution in [1.82, 2.24) is 9.88 Å². The first kappa shape index (κ1) is 17.1. The van der Waals surface area contributed by atoms with Gasteiger partial charge in [0, 0.05) is 29.2 Å². The highest BCUT2D eigenvalue weighted by Gasteiger charge is 2.29. The van der Waals surface area contributed by atoms with Crippen LogP contribution in [0, 0.1) is 5.82 Å². The number of amides is 1. The number of aromatic nitrogens is 1. The fourth-order valence-corrected chi connectivity index (χ4v) is 4.65. The Hall–Kier alpha value is -2.99. The van der Waals surface area contributed by atoms with Gasteiger partial charge in [0.1, 0.15) is 23.2 Å². The molecule has 1 atom stereocenters. The Morgan fingerprint density at radius 1 is 1.14 bits per heavy atom. The van der Waals surface area contributed by atoms with Crippen molar-refractivity contribution < 1.29 is 13.9 Å². The van der Waals surface area contributed by atoms with Crippen molar-refractivity contribution in [2.24, 2.45) is 0 Å². The van der Waals surface area contributed by atoms with Gasteiger partial charge < -0.3 is 9.64 Å². The molecule has 6 heteroatoms. The molecule has 0 radical (unpaired) electrons. The third-order valence-corrected chi connectivity index (χ3v) is 6.11. The lowest BCUT2D eigenvalue weighted by molar-refractivity contribution is 0.0777. The number of fused-ring (bicyclic) bond motifs is 2. The van der Waals surface area contributed by atoms with Gasteiger partial charge in [-0.2, -0.15) is 0 Å². The van der Waals surface area contributed by atoms with Gasteiger partial charge >= 0.3 is 0 Å². The highest BCUT2D eigenvalue weighted by atomic mass is 32.1. The van der Waals surface area contributed by atoms with E-state index in [9.17, 15) is 9.18 Å². The molecule has 1 saturated heterocycles. The standard InChI is InChI=1S/C22H17FN2O2S/c23-16-6-7-19-15(11-16)12-20(28-19)22(26)25-10-8-17(13-25)27-18-5-1-3-14-4-2-9-24-21(14)18/h1-7,9,11-12,17H,8,10,13H2. The third kappa shape index (κ3) is 3.10. The van der Waals surface area contributed by atoms with Crippen LogP contribution < -0.4 is 4.74 Å². The number of carbonyl (C=O) groups excluding carboxylic acids is 1. The summed E-state index contributed by atoms with van der Waals surface area (Å²) in [6.07, 6.45) is 2.46. The van der Waals surface area contributed by atoms with E-state index < -0.39 is 0 Å². The van der Waals surface area contributed by atoms with E-state index in [4.69, 9.17) is 4.74 Å². The first-order valence-corrected chi connectivity index (χ1v) is 9.98. The minimum atomic E-state index is -0.289. The van der Waals surface area contributed by atoms with Crippen molar-refractivity contribution in [3.8, 4) is 5.75 Å². The second kappa shape index (κ2) is 6.87. The highest BCUT2D eigenvalue weighted by molar-refractivity contribution is 7.20. The summed E-state index contributed by atoms with van der Waals surface area (Å²) in [6.45, 7) is 1.18. The van der Waals surface area contributed by atoms with Gasteiger partial charge in [-0.1, -0.05) is 18.2 Å². The number of halogens is 1. The van der Waals surface area contributed by atoms with Gasteiger partial charge in [-0.25, -0.2) is 4.39 Å². The molecule has 1 fully saturated rings. The summed E-state index contributed by atoms with van der Waals surface area (Å²) in [5, 5.41) is 1.80. The molecule has 5 rings (SSSR count). The average molecular weight is 392 g/mol. The van der Waals surface area contributed by atoms with Gasteiger partial charge in [-0.15, -0.1) is 11.3 Å². The first-order chi connectivity index (χ1) is 13.7. The van der Waals surface area contributed by atoms with Crippen LogP contribution in [0.15, 0.2) is 60.8 Å². The molecular weight excluding hydrogens is 375 g/mol. The van der Waals surface area contributed by atoms with Gasteiger partial charge in [0.2, 0.25) is 0 Å². The van der Waals surface area contributed by atoms with Crippen LogP contribution >= 0.6 is 11.3 Å². The van der Waals surface area contributed by atoms with Crippen LogP contribution in [0.25, 0.3) is 21.0 Å². The van der Waals surface area contributed by atoms with Crippen molar-refractivity contribution in [3.05, 3.63) is 71.5 Å². The maximum Gasteiger partial charge on any atom is 0.264 e. The Bertz CT molecular complexity index is 1180. The van der Waals surface area contributed by atoms with Crippen LogP contribution in [0.5, 0.6) is 5.75 Å². The Labute approximate surface area is 165 Å². The van der Waals surface area contributed by atoms with E-state index in [1.165, 1.54) is 23.5 Å². The van der Waals surface area contributed by atoms with Crippen molar-refractivity contribution in [2.75, 3.05) is 13.1 Å². The number of carbonyl (C=O) groups is 1. The molecule has 0 spiro atoms. The monoisotopic (exact) mass is 392 g/mol. The molecule has 28 heavy (non-hydrogen) atoms. The zero-order chi connectivity index (χ0) is 19.1. The number of para-hydroxylation sites is 1. The number of hydrogen-bond acceptors (Lipinski definition) is 4. The van der Waals surface area contributed by atoms with Crippen LogP contribution in [0.3, 0.4) is 0 Å². The number of ether oxygens (including phenoxy) is 1. The maximum atomic E-state index is 13.4. The lowest BCUT2D eigenvalue weighted by Crippen LogP contribution is -2.30. The molecule has 0 aliphatic carbocycles. The summed E-state index contributed by atoms with van der Waals surface area (Å²) in [5.41, 5.74) is 0.835. The van der Waals surface area contributed by atoms with Crippen molar-refractivity contribution >= 4 is 38.2 Å². The van der Waals surface area contributed by atoms with E-state index in [-0.39, 0.29) is 17.8 Å². The van der Waals surface area contributed by atoms with Gasteiger partial charge in [-0.3, -0.25) is 9.78 Å². The summed E-state index contributed by atoms with van der Waals surface area (Å²) in [6, 6.07) is 16.2. The van der Waals surface area contributed by atoms with E-state index in [1.807, 2.05) is 35.2 Å². The molecule has 4 aromatic rings. The van der Waals surface area contributed by atoms with Gasteiger partial charge in [0.15, 0.2) is 0 Å². The Morgan fingerprint density at radius 2 is 2.04 bits per heavy atom. The molecule has 2 aromatic carbocycles. The Kier molecular flexibility index (Phi) is 4.20. The minimum Gasteiger partial charge on any atom is -0.486 e. The van der Waals surface area contributed by atoms with Gasteiger partial charge in [0.25, 0.3) is 5.91 Å². The molecular formula is C22H17FN2O2S. The highest BCUT2D eigenvalue weighted by Crippen LogP contribution is 2.30. The molecule has 1 unspecified atom stereocenters. The third-order valence-electron chi connectivity index (χ3n) is 5.01. The number of nitrogens with zero attached hydrogens (tertiary/aromatic N) is 2. The molecule has 0 bridgehead atoms. The van der Waals surface area contributed by atoms with E-state index >= 15 is 0 Å². The topological polar surface area (TPSA) is 42.4 Å². The average Bonchev–Trinajstić information content (AvgIpc) is 3.34. The molecule has 1 amide bonds. The maximum absolute atomic E-state index is 13.4. The van der Waals surface area contributed by atoms with E-state index in [2.05, 4.69) is 4.98 Å². The first-order valence-electron chi connectivity index (χ1n) is 9.16. The summed E-state index contributed by atoms with van der Waals surface area (Å²) in [5.74, 6) is 0.432. The molecule has 4 nitrogen and oxygen atoms in total. The van der Waals surface area contributed by atoms with Crippen molar-refractivity contribution in [1.29, 1.82) is 0 Å². The SMILES string of the molecule is O=C(c1cc2cc(F)ccc2s1)N1CCC(Oc2cccc3cccnc23)C1. The molecule has 140 valence electrons. The number of benzene rings is 2. The fraction of sp³-hybridized carbons (Fsp3) is 0.182. The van der Waals surface area contributed by atoms with Gasteiger partial charge in [-0.05, 0) is 41.8 Å². The van der Waals surface area contributed by atoms with Crippen LogP contribution in [-0.4, -0.2) is 35.0 Å². The number of rotatable bonds is 3. The normalized spacial score (nSPS) is 16.8. The fourth-order valence-electron chi connectivity index (χ4n) is 3.64. The second-order valence-corrected chi connectivity index (χ2v) is 7.99. The summed E-state index contributed by atoms with van der Waals surface area (Å²) in [7, 11) is 0. The number of hydrogen-bond donors (Lipinski definition) is 0.